The Bertz CT molecular complexity index is 557. The molecule has 0 aliphatic heterocycles. The normalized spacial score (nSPS) is 10.3. The summed E-state index contributed by atoms with van der Waals surface area (Å²) in [5.74, 6) is 1.37. The van der Waals surface area contributed by atoms with Crippen LogP contribution in [0.3, 0.4) is 0 Å². The van der Waals surface area contributed by atoms with Crippen LogP contribution in [0.25, 0.3) is 0 Å². The van der Waals surface area contributed by atoms with Crippen LogP contribution in [-0.2, 0) is 5.88 Å². The minimum atomic E-state index is 0.519. The number of benzene rings is 2. The number of alkyl halides is 1. The second-order valence-corrected chi connectivity index (χ2v) is 5.30. The molecule has 0 saturated heterocycles. The summed E-state index contributed by atoms with van der Waals surface area (Å²) < 4.78 is 6.20. The first-order valence-corrected chi connectivity index (χ1v) is 7.20. The van der Waals surface area contributed by atoms with Gasteiger partial charge in [0.2, 0.25) is 0 Å². The first-order valence-electron chi connectivity index (χ1n) is 5.88. The largest absolute Gasteiger partial charge is 0.497 e. The Balaban J connectivity index is 2.29. The van der Waals surface area contributed by atoms with Crippen molar-refractivity contribution in [2.75, 3.05) is 19.1 Å². The van der Waals surface area contributed by atoms with Gasteiger partial charge in [-0.2, -0.15) is 0 Å². The third kappa shape index (κ3) is 3.23. The van der Waals surface area contributed by atoms with Crippen LogP contribution in [0.4, 0.5) is 11.4 Å². The molecule has 0 unspecified atom stereocenters. The third-order valence-corrected chi connectivity index (χ3v) is 3.93. The lowest BCUT2D eigenvalue weighted by molar-refractivity contribution is 0.415. The van der Waals surface area contributed by atoms with Gasteiger partial charge in [0.05, 0.1) is 12.8 Å². The van der Waals surface area contributed by atoms with Crippen molar-refractivity contribution < 1.29 is 4.74 Å². The molecule has 0 heterocycles. The predicted octanol–water partition coefficient (Wildman–Crippen LogP) is 4.96. The maximum absolute atomic E-state index is 5.83. The van der Waals surface area contributed by atoms with E-state index >= 15 is 0 Å². The zero-order valence-corrected chi connectivity index (χ0v) is 13.2. The SMILES string of the molecule is COc1ccc(N(C)c2ccc(CCl)cc2Br)cc1. The molecule has 2 aromatic rings. The Labute approximate surface area is 127 Å². The monoisotopic (exact) mass is 339 g/mol. The standard InChI is InChI=1S/C15H15BrClNO/c1-18(12-4-6-13(19-2)7-5-12)15-8-3-11(10-17)9-14(15)16/h3-9H,10H2,1-2H3. The molecule has 0 fully saturated rings. The van der Waals surface area contributed by atoms with Crippen molar-refractivity contribution in [2.24, 2.45) is 0 Å². The Hall–Kier alpha value is -1.19. The highest BCUT2D eigenvalue weighted by molar-refractivity contribution is 9.10. The molecule has 2 aromatic carbocycles. The molecule has 0 amide bonds. The molecule has 4 heteroatoms. The number of rotatable bonds is 4. The molecule has 0 aliphatic carbocycles. The van der Waals surface area contributed by atoms with E-state index in [1.54, 1.807) is 7.11 Å². The Morgan fingerprint density at radius 2 is 1.84 bits per heavy atom. The molecule has 2 rings (SSSR count). The molecule has 100 valence electrons. The number of halogens is 2. The van der Waals surface area contributed by atoms with Crippen molar-refractivity contribution in [3.05, 3.63) is 52.5 Å². The van der Waals surface area contributed by atoms with Crippen molar-refractivity contribution in [1.29, 1.82) is 0 Å². The Morgan fingerprint density at radius 1 is 1.16 bits per heavy atom. The highest BCUT2D eigenvalue weighted by atomic mass is 79.9. The quantitative estimate of drug-likeness (QED) is 0.729. The van der Waals surface area contributed by atoms with Crippen LogP contribution < -0.4 is 9.64 Å². The molecule has 0 N–H and O–H groups in total. The lowest BCUT2D eigenvalue weighted by atomic mass is 10.2. The number of methoxy groups -OCH3 is 1. The van der Waals surface area contributed by atoms with E-state index in [1.165, 1.54) is 0 Å². The summed E-state index contributed by atoms with van der Waals surface area (Å²) in [6, 6.07) is 14.1. The second-order valence-electron chi connectivity index (χ2n) is 4.18. The number of hydrogen-bond acceptors (Lipinski definition) is 2. The summed E-state index contributed by atoms with van der Waals surface area (Å²) >= 11 is 9.42. The summed E-state index contributed by atoms with van der Waals surface area (Å²) in [5.41, 5.74) is 3.29. The van der Waals surface area contributed by atoms with Gasteiger partial charge in [-0.3, -0.25) is 0 Å². The van der Waals surface area contributed by atoms with Crippen LogP contribution in [-0.4, -0.2) is 14.2 Å². The van der Waals surface area contributed by atoms with Crippen LogP contribution in [0.2, 0.25) is 0 Å². The molecule has 0 bridgehead atoms. The molecule has 19 heavy (non-hydrogen) atoms. The molecule has 0 spiro atoms. The van der Waals surface area contributed by atoms with Crippen LogP contribution in [0.15, 0.2) is 46.9 Å². The zero-order valence-electron chi connectivity index (χ0n) is 10.9. The van der Waals surface area contributed by atoms with Crippen molar-refractivity contribution in [1.82, 2.24) is 0 Å². The van der Waals surface area contributed by atoms with Crippen molar-refractivity contribution in [3.8, 4) is 5.75 Å². The fourth-order valence-electron chi connectivity index (χ4n) is 1.85. The molecular weight excluding hydrogens is 326 g/mol. The van der Waals surface area contributed by atoms with Crippen molar-refractivity contribution in [3.63, 3.8) is 0 Å². The number of anilines is 2. The van der Waals surface area contributed by atoms with Gasteiger partial charge >= 0.3 is 0 Å². The van der Waals surface area contributed by atoms with Crippen LogP contribution in [0, 0.1) is 0 Å². The molecule has 0 aromatic heterocycles. The Morgan fingerprint density at radius 3 is 2.37 bits per heavy atom. The summed E-state index contributed by atoms with van der Waals surface area (Å²) in [6.45, 7) is 0. The fourth-order valence-corrected chi connectivity index (χ4v) is 2.71. The van der Waals surface area contributed by atoms with Gasteiger partial charge in [-0.25, -0.2) is 0 Å². The molecule has 0 atom stereocenters. The summed E-state index contributed by atoms with van der Waals surface area (Å²) in [5, 5.41) is 0. The van der Waals surface area contributed by atoms with Gasteiger partial charge in [0, 0.05) is 23.1 Å². The van der Waals surface area contributed by atoms with Gasteiger partial charge < -0.3 is 9.64 Å². The highest BCUT2D eigenvalue weighted by Crippen LogP contribution is 2.32. The molecule has 2 nitrogen and oxygen atoms in total. The topological polar surface area (TPSA) is 12.5 Å². The van der Waals surface area contributed by atoms with Gasteiger partial charge in [-0.05, 0) is 57.9 Å². The number of nitrogens with zero attached hydrogens (tertiary/aromatic N) is 1. The molecule has 0 saturated carbocycles. The summed E-state index contributed by atoms with van der Waals surface area (Å²) in [6.07, 6.45) is 0. The Kier molecular flexibility index (Phi) is 4.72. The fraction of sp³-hybridized carbons (Fsp3) is 0.200. The lowest BCUT2D eigenvalue weighted by Gasteiger charge is -2.21. The minimum Gasteiger partial charge on any atom is -0.497 e. The maximum Gasteiger partial charge on any atom is 0.119 e. The van der Waals surface area contributed by atoms with Crippen LogP contribution >= 0.6 is 27.5 Å². The van der Waals surface area contributed by atoms with Gasteiger partial charge in [0.15, 0.2) is 0 Å². The van der Waals surface area contributed by atoms with E-state index in [9.17, 15) is 0 Å². The highest BCUT2D eigenvalue weighted by Gasteiger charge is 2.08. The summed E-state index contributed by atoms with van der Waals surface area (Å²) in [7, 11) is 3.70. The van der Waals surface area contributed by atoms with Gasteiger partial charge in [0.25, 0.3) is 0 Å². The average Bonchev–Trinajstić information content (AvgIpc) is 2.46. The van der Waals surface area contributed by atoms with E-state index in [0.29, 0.717) is 5.88 Å². The number of hydrogen-bond donors (Lipinski definition) is 0. The van der Waals surface area contributed by atoms with Gasteiger partial charge in [-0.1, -0.05) is 6.07 Å². The average molecular weight is 341 g/mol. The van der Waals surface area contributed by atoms with Gasteiger partial charge in [-0.15, -0.1) is 11.6 Å². The predicted molar refractivity (Wildman–Crippen MR) is 84.8 cm³/mol. The maximum atomic E-state index is 5.83. The van der Waals surface area contributed by atoms with E-state index in [1.807, 2.05) is 43.4 Å². The smallest absolute Gasteiger partial charge is 0.119 e. The van der Waals surface area contributed by atoms with E-state index in [0.717, 1.165) is 27.2 Å². The second kappa shape index (κ2) is 6.31. The lowest BCUT2D eigenvalue weighted by Crippen LogP contribution is -2.10. The first kappa shape index (κ1) is 14.2. The zero-order chi connectivity index (χ0) is 13.8. The van der Waals surface area contributed by atoms with Crippen molar-refractivity contribution >= 4 is 38.9 Å². The first-order chi connectivity index (χ1) is 9.15. The molecule has 0 radical (unpaired) electrons. The summed E-state index contributed by atoms with van der Waals surface area (Å²) in [4.78, 5) is 2.11. The minimum absolute atomic E-state index is 0.519. The number of ether oxygens (including phenoxy) is 1. The van der Waals surface area contributed by atoms with E-state index in [2.05, 4.69) is 26.9 Å². The van der Waals surface area contributed by atoms with E-state index in [-0.39, 0.29) is 0 Å². The van der Waals surface area contributed by atoms with Crippen LogP contribution in [0.5, 0.6) is 5.75 Å². The third-order valence-electron chi connectivity index (χ3n) is 2.99. The van der Waals surface area contributed by atoms with Crippen molar-refractivity contribution in [2.45, 2.75) is 5.88 Å². The van der Waals surface area contributed by atoms with E-state index < -0.39 is 0 Å². The van der Waals surface area contributed by atoms with Crippen LogP contribution in [0.1, 0.15) is 5.56 Å². The van der Waals surface area contributed by atoms with E-state index in [4.69, 9.17) is 16.3 Å². The molecule has 0 aliphatic rings. The molecular formula is C15H15BrClNO. The van der Waals surface area contributed by atoms with Gasteiger partial charge in [0.1, 0.15) is 5.75 Å².